The van der Waals surface area contributed by atoms with Crippen molar-refractivity contribution in [3.8, 4) is 5.75 Å². The van der Waals surface area contributed by atoms with Gasteiger partial charge in [0.05, 0.1) is 5.69 Å². The van der Waals surface area contributed by atoms with E-state index >= 15 is 0 Å². The fourth-order valence-electron chi connectivity index (χ4n) is 3.52. The van der Waals surface area contributed by atoms with Crippen LogP contribution in [0.15, 0.2) is 78.4 Å². The van der Waals surface area contributed by atoms with Gasteiger partial charge in [-0.05, 0) is 73.6 Å². The lowest BCUT2D eigenvalue weighted by Crippen LogP contribution is -2.54. The molecule has 8 heteroatoms. The lowest BCUT2D eigenvalue weighted by atomic mass is 10.1. The second-order valence-electron chi connectivity index (χ2n) is 7.97. The molecular weight excluding hydrogens is 462 g/mol. The Morgan fingerprint density at radius 3 is 2.46 bits per heavy atom. The first kappa shape index (κ1) is 23.8. The van der Waals surface area contributed by atoms with E-state index in [2.05, 4.69) is 10.6 Å². The predicted molar refractivity (Wildman–Crippen MR) is 139 cm³/mol. The van der Waals surface area contributed by atoms with E-state index in [4.69, 9.17) is 17.0 Å². The molecule has 0 unspecified atom stereocenters. The SMILES string of the molecule is Cc1ccc(NC(=O)COc2ccccc2/C=C2/C(=O)NC(=S)N(c3ccccc3)C2=O)cc1C. The maximum Gasteiger partial charge on any atom is 0.270 e. The zero-order chi connectivity index (χ0) is 24.9. The van der Waals surface area contributed by atoms with Crippen molar-refractivity contribution >= 4 is 52.5 Å². The molecule has 3 aromatic rings. The normalized spacial score (nSPS) is 14.6. The molecule has 0 bridgehead atoms. The number of anilines is 2. The summed E-state index contributed by atoms with van der Waals surface area (Å²) in [5, 5.41) is 5.37. The number of hydrogen-bond acceptors (Lipinski definition) is 5. The van der Waals surface area contributed by atoms with Gasteiger partial charge in [0, 0.05) is 11.3 Å². The number of thiocarbonyl (C=S) groups is 1. The highest BCUT2D eigenvalue weighted by molar-refractivity contribution is 7.80. The molecule has 2 N–H and O–H groups in total. The minimum atomic E-state index is -0.602. The minimum Gasteiger partial charge on any atom is -0.483 e. The third kappa shape index (κ3) is 5.44. The summed E-state index contributed by atoms with van der Waals surface area (Å²) < 4.78 is 5.73. The first-order chi connectivity index (χ1) is 16.8. The number of nitrogens with one attached hydrogen (secondary N) is 2. The monoisotopic (exact) mass is 485 g/mol. The van der Waals surface area contributed by atoms with E-state index in [0.717, 1.165) is 11.1 Å². The van der Waals surface area contributed by atoms with Gasteiger partial charge in [0.25, 0.3) is 17.7 Å². The van der Waals surface area contributed by atoms with Crippen LogP contribution in [0, 0.1) is 13.8 Å². The molecule has 1 saturated heterocycles. The van der Waals surface area contributed by atoms with Crippen LogP contribution < -0.4 is 20.3 Å². The molecule has 4 rings (SSSR count). The largest absolute Gasteiger partial charge is 0.483 e. The van der Waals surface area contributed by atoms with Gasteiger partial charge < -0.3 is 10.1 Å². The first-order valence-corrected chi connectivity index (χ1v) is 11.3. The Balaban J connectivity index is 1.53. The molecule has 1 aliphatic heterocycles. The summed E-state index contributed by atoms with van der Waals surface area (Å²) in [4.78, 5) is 39.5. The summed E-state index contributed by atoms with van der Waals surface area (Å²) in [6.45, 7) is 3.73. The molecule has 0 radical (unpaired) electrons. The quantitative estimate of drug-likeness (QED) is 0.311. The smallest absolute Gasteiger partial charge is 0.270 e. The summed E-state index contributed by atoms with van der Waals surface area (Å²) in [6.07, 6.45) is 1.44. The Labute approximate surface area is 208 Å². The molecule has 0 saturated carbocycles. The van der Waals surface area contributed by atoms with Gasteiger partial charge in [-0.1, -0.05) is 42.5 Å². The Hall–Kier alpha value is -4.30. The fraction of sp³-hybridized carbons (Fsp3) is 0.111. The molecular formula is C27H23N3O4S. The van der Waals surface area contributed by atoms with Crippen molar-refractivity contribution in [1.82, 2.24) is 5.32 Å². The van der Waals surface area contributed by atoms with Crippen LogP contribution in [0.1, 0.15) is 16.7 Å². The predicted octanol–water partition coefficient (Wildman–Crippen LogP) is 4.15. The number of carbonyl (C=O) groups excluding carboxylic acids is 3. The first-order valence-electron chi connectivity index (χ1n) is 10.9. The molecule has 1 heterocycles. The second kappa shape index (κ2) is 10.3. The Bertz CT molecular complexity index is 1350. The molecule has 0 aliphatic carbocycles. The third-order valence-corrected chi connectivity index (χ3v) is 5.77. The Morgan fingerprint density at radius 2 is 1.71 bits per heavy atom. The van der Waals surface area contributed by atoms with Crippen LogP contribution in [0.5, 0.6) is 5.75 Å². The average molecular weight is 486 g/mol. The topological polar surface area (TPSA) is 87.7 Å². The van der Waals surface area contributed by atoms with Gasteiger partial charge in [-0.3, -0.25) is 24.6 Å². The molecule has 0 spiro atoms. The van der Waals surface area contributed by atoms with E-state index in [0.29, 0.717) is 22.7 Å². The minimum absolute atomic E-state index is 0.0101. The van der Waals surface area contributed by atoms with Gasteiger partial charge in [0.2, 0.25) is 0 Å². The Kier molecular flexibility index (Phi) is 7.03. The summed E-state index contributed by atoms with van der Waals surface area (Å²) in [6, 6.07) is 21.3. The van der Waals surface area contributed by atoms with Crippen molar-refractivity contribution in [2.45, 2.75) is 13.8 Å². The van der Waals surface area contributed by atoms with Crippen molar-refractivity contribution in [2.24, 2.45) is 0 Å². The summed E-state index contributed by atoms with van der Waals surface area (Å²) >= 11 is 5.22. The standard InChI is InChI=1S/C27H23N3O4S/c1-17-12-13-20(14-18(17)2)28-24(31)16-34-23-11-7-6-8-19(23)15-22-25(32)29-27(35)30(26(22)33)21-9-4-3-5-10-21/h3-15H,16H2,1-2H3,(H,28,31)(H,29,32,35)/b22-15-. The van der Waals surface area contributed by atoms with Crippen molar-refractivity contribution < 1.29 is 19.1 Å². The van der Waals surface area contributed by atoms with E-state index < -0.39 is 11.8 Å². The molecule has 0 aromatic heterocycles. The van der Waals surface area contributed by atoms with Crippen LogP contribution in [-0.2, 0) is 14.4 Å². The van der Waals surface area contributed by atoms with Crippen LogP contribution >= 0.6 is 12.2 Å². The number of para-hydroxylation sites is 2. The third-order valence-electron chi connectivity index (χ3n) is 5.48. The number of ether oxygens (including phenoxy) is 1. The van der Waals surface area contributed by atoms with Gasteiger partial charge in [0.1, 0.15) is 11.3 Å². The highest BCUT2D eigenvalue weighted by Gasteiger charge is 2.34. The number of amides is 3. The zero-order valence-electron chi connectivity index (χ0n) is 19.2. The van der Waals surface area contributed by atoms with Crippen molar-refractivity contribution in [3.05, 3.63) is 95.1 Å². The molecule has 35 heavy (non-hydrogen) atoms. The molecule has 176 valence electrons. The van der Waals surface area contributed by atoms with E-state index in [1.165, 1.54) is 11.0 Å². The lowest BCUT2D eigenvalue weighted by Gasteiger charge is -2.28. The summed E-state index contributed by atoms with van der Waals surface area (Å²) in [5.74, 6) is -1.13. The van der Waals surface area contributed by atoms with Gasteiger partial charge in [-0.25, -0.2) is 0 Å². The average Bonchev–Trinajstić information content (AvgIpc) is 2.84. The molecule has 3 aromatic carbocycles. The van der Waals surface area contributed by atoms with Crippen LogP contribution in [0.2, 0.25) is 0 Å². The lowest BCUT2D eigenvalue weighted by molar-refractivity contribution is -0.122. The molecule has 3 amide bonds. The van der Waals surface area contributed by atoms with Gasteiger partial charge in [0.15, 0.2) is 11.7 Å². The Morgan fingerprint density at radius 1 is 1.00 bits per heavy atom. The number of rotatable bonds is 6. The zero-order valence-corrected chi connectivity index (χ0v) is 20.0. The molecule has 1 fully saturated rings. The van der Waals surface area contributed by atoms with Crippen molar-refractivity contribution in [3.63, 3.8) is 0 Å². The molecule has 7 nitrogen and oxygen atoms in total. The van der Waals surface area contributed by atoms with Crippen LogP contribution in [0.4, 0.5) is 11.4 Å². The van der Waals surface area contributed by atoms with Gasteiger partial charge in [-0.15, -0.1) is 0 Å². The van der Waals surface area contributed by atoms with E-state index in [1.54, 1.807) is 48.5 Å². The number of carbonyl (C=O) groups is 3. The fourth-order valence-corrected chi connectivity index (χ4v) is 3.80. The van der Waals surface area contributed by atoms with E-state index in [9.17, 15) is 14.4 Å². The second-order valence-corrected chi connectivity index (χ2v) is 8.35. The number of benzene rings is 3. The maximum atomic E-state index is 13.2. The summed E-state index contributed by atoms with van der Waals surface area (Å²) in [7, 11) is 0. The van der Waals surface area contributed by atoms with Crippen molar-refractivity contribution in [1.29, 1.82) is 0 Å². The van der Waals surface area contributed by atoms with Crippen LogP contribution in [0.25, 0.3) is 6.08 Å². The molecule has 1 aliphatic rings. The highest BCUT2D eigenvalue weighted by Crippen LogP contribution is 2.25. The number of nitrogens with zero attached hydrogens (tertiary/aromatic N) is 1. The molecule has 0 atom stereocenters. The van der Waals surface area contributed by atoms with Crippen LogP contribution in [-0.4, -0.2) is 29.4 Å². The van der Waals surface area contributed by atoms with Crippen molar-refractivity contribution in [2.75, 3.05) is 16.8 Å². The summed E-state index contributed by atoms with van der Waals surface area (Å²) in [5.41, 5.74) is 3.80. The van der Waals surface area contributed by atoms with E-state index in [1.807, 2.05) is 38.1 Å². The number of hydrogen-bond donors (Lipinski definition) is 2. The number of aryl methyl sites for hydroxylation is 2. The van der Waals surface area contributed by atoms with Gasteiger partial charge >= 0.3 is 0 Å². The van der Waals surface area contributed by atoms with Gasteiger partial charge in [-0.2, -0.15) is 0 Å². The highest BCUT2D eigenvalue weighted by atomic mass is 32.1. The van der Waals surface area contributed by atoms with Crippen LogP contribution in [0.3, 0.4) is 0 Å². The maximum absolute atomic E-state index is 13.2. The van der Waals surface area contributed by atoms with E-state index in [-0.39, 0.29) is 23.2 Å².